The summed E-state index contributed by atoms with van der Waals surface area (Å²) in [6.45, 7) is 13.7. The zero-order valence-corrected chi connectivity index (χ0v) is 24.7. The highest BCUT2D eigenvalue weighted by molar-refractivity contribution is 5.88. The van der Waals surface area contributed by atoms with Crippen LogP contribution in [0.3, 0.4) is 0 Å². The van der Waals surface area contributed by atoms with Crippen LogP contribution < -0.4 is 24.4 Å². The van der Waals surface area contributed by atoms with Crippen molar-refractivity contribution in [2.24, 2.45) is 0 Å². The summed E-state index contributed by atoms with van der Waals surface area (Å²) in [7, 11) is 0. The van der Waals surface area contributed by atoms with Gasteiger partial charge in [-0.05, 0) is 56.1 Å². The Balaban J connectivity index is 1.30. The summed E-state index contributed by atoms with van der Waals surface area (Å²) in [6, 6.07) is 13.2. The number of hydrogen-bond donors (Lipinski definition) is 1. The molecule has 1 amide bonds. The Morgan fingerprint density at radius 3 is 2.60 bits per heavy atom. The Kier molecular flexibility index (Phi) is 9.89. The van der Waals surface area contributed by atoms with Crippen LogP contribution in [0.4, 0.5) is 22.2 Å². The summed E-state index contributed by atoms with van der Waals surface area (Å²) >= 11 is 0. The molecule has 10 heteroatoms. The van der Waals surface area contributed by atoms with Crippen LogP contribution in [0, 0.1) is 13.8 Å². The predicted octanol–water partition coefficient (Wildman–Crippen LogP) is 5.20. The van der Waals surface area contributed by atoms with E-state index in [-0.39, 0.29) is 6.54 Å². The van der Waals surface area contributed by atoms with E-state index in [1.54, 1.807) is 12.3 Å². The van der Waals surface area contributed by atoms with Crippen molar-refractivity contribution in [1.82, 2.24) is 19.8 Å². The van der Waals surface area contributed by atoms with E-state index in [4.69, 9.17) is 14.2 Å². The van der Waals surface area contributed by atoms with Crippen LogP contribution in [-0.2, 0) is 0 Å². The molecule has 1 saturated heterocycles. The molecule has 5 rings (SSSR count). The SMILES string of the molecule is CCN1CCN(CCOc2ccc3cc2OCC/C=C\CN(C(=O)Oc2c(C)cccc2C)c2ccnc(n2)N3)CC1. The van der Waals surface area contributed by atoms with Gasteiger partial charge in [0.25, 0.3) is 0 Å². The highest BCUT2D eigenvalue weighted by atomic mass is 16.6. The third-order valence-corrected chi connectivity index (χ3v) is 7.51. The van der Waals surface area contributed by atoms with Crippen LogP contribution in [0.25, 0.3) is 0 Å². The van der Waals surface area contributed by atoms with Gasteiger partial charge >= 0.3 is 6.09 Å². The number of benzene rings is 2. The summed E-state index contributed by atoms with van der Waals surface area (Å²) < 4.78 is 18.2. The Labute approximate surface area is 247 Å². The number of aromatic nitrogens is 2. The molecule has 3 heterocycles. The van der Waals surface area contributed by atoms with Gasteiger partial charge < -0.3 is 24.4 Å². The van der Waals surface area contributed by atoms with E-state index in [0.29, 0.717) is 48.6 Å². The summed E-state index contributed by atoms with van der Waals surface area (Å²) in [5.74, 6) is 2.71. The highest BCUT2D eigenvalue weighted by Crippen LogP contribution is 2.32. The lowest BCUT2D eigenvalue weighted by molar-refractivity contribution is 0.120. The fourth-order valence-corrected chi connectivity index (χ4v) is 5.02. The minimum Gasteiger partial charge on any atom is -0.489 e. The number of fused-ring (bicyclic) bond motifs is 4. The fraction of sp³-hybridized carbons (Fsp3) is 0.406. The molecule has 1 aromatic heterocycles. The van der Waals surface area contributed by atoms with Crippen LogP contribution in [0.2, 0.25) is 0 Å². The van der Waals surface area contributed by atoms with Crippen molar-refractivity contribution in [1.29, 1.82) is 0 Å². The number of piperazine rings is 1. The molecule has 0 saturated carbocycles. The molecule has 0 radical (unpaired) electrons. The third-order valence-electron chi connectivity index (χ3n) is 7.51. The van der Waals surface area contributed by atoms with Gasteiger partial charge in [-0.15, -0.1) is 0 Å². The van der Waals surface area contributed by atoms with Gasteiger partial charge in [0, 0.05) is 57.2 Å². The maximum absolute atomic E-state index is 13.4. The summed E-state index contributed by atoms with van der Waals surface area (Å²) in [6.07, 6.45) is 5.68. The lowest BCUT2D eigenvalue weighted by Gasteiger charge is -2.33. The van der Waals surface area contributed by atoms with Gasteiger partial charge in [0.2, 0.25) is 5.95 Å². The van der Waals surface area contributed by atoms with Crippen LogP contribution in [-0.4, -0.2) is 84.9 Å². The van der Waals surface area contributed by atoms with E-state index in [9.17, 15) is 4.79 Å². The lowest BCUT2D eigenvalue weighted by atomic mass is 10.1. The van der Waals surface area contributed by atoms with Crippen molar-refractivity contribution in [3.8, 4) is 17.2 Å². The van der Waals surface area contributed by atoms with Gasteiger partial charge in [-0.25, -0.2) is 9.78 Å². The quantitative estimate of drug-likeness (QED) is 0.400. The van der Waals surface area contributed by atoms with E-state index >= 15 is 0 Å². The number of nitrogens with zero attached hydrogens (tertiary/aromatic N) is 5. The molecule has 1 N–H and O–H groups in total. The van der Waals surface area contributed by atoms with Gasteiger partial charge in [0.1, 0.15) is 18.2 Å². The van der Waals surface area contributed by atoms with Gasteiger partial charge in [-0.3, -0.25) is 9.80 Å². The van der Waals surface area contributed by atoms with E-state index in [2.05, 4.69) is 32.0 Å². The molecule has 42 heavy (non-hydrogen) atoms. The Bertz CT molecular complexity index is 1370. The molecular weight excluding hydrogens is 532 g/mol. The zero-order valence-electron chi connectivity index (χ0n) is 24.7. The molecule has 222 valence electrons. The first kappa shape index (κ1) is 29.3. The predicted molar refractivity (Wildman–Crippen MR) is 164 cm³/mol. The van der Waals surface area contributed by atoms with Crippen molar-refractivity contribution in [2.75, 3.05) is 69.2 Å². The minimum atomic E-state index is -0.513. The van der Waals surface area contributed by atoms with E-state index in [0.717, 1.165) is 56.1 Å². The Hall–Kier alpha value is -4.15. The average molecular weight is 573 g/mol. The lowest BCUT2D eigenvalue weighted by Crippen LogP contribution is -2.47. The topological polar surface area (TPSA) is 92.3 Å². The average Bonchev–Trinajstić information content (AvgIpc) is 2.99. The second-order valence-corrected chi connectivity index (χ2v) is 10.5. The molecule has 10 nitrogen and oxygen atoms in total. The second-order valence-electron chi connectivity index (χ2n) is 10.5. The highest BCUT2D eigenvalue weighted by Gasteiger charge is 2.21. The normalized spacial score (nSPS) is 17.0. The second kappa shape index (κ2) is 14.2. The smallest absolute Gasteiger partial charge is 0.421 e. The summed E-state index contributed by atoms with van der Waals surface area (Å²) in [4.78, 5) is 28.8. The first-order valence-electron chi connectivity index (χ1n) is 14.6. The molecular formula is C32H40N6O4. The van der Waals surface area contributed by atoms with Crippen molar-refractivity contribution < 1.29 is 19.0 Å². The molecule has 0 atom stereocenters. The van der Waals surface area contributed by atoms with E-state index in [1.165, 1.54) is 4.90 Å². The molecule has 2 aromatic carbocycles. The molecule has 0 unspecified atom stereocenters. The van der Waals surface area contributed by atoms with Crippen molar-refractivity contribution in [3.05, 3.63) is 71.9 Å². The largest absolute Gasteiger partial charge is 0.489 e. The number of likely N-dealkylation sites (N-methyl/N-ethyl adjacent to an activating group) is 1. The zero-order chi connectivity index (χ0) is 29.3. The number of carbonyl (C=O) groups excluding carboxylic acids is 1. The van der Waals surface area contributed by atoms with Crippen LogP contribution >= 0.6 is 0 Å². The van der Waals surface area contributed by atoms with E-state index < -0.39 is 6.09 Å². The van der Waals surface area contributed by atoms with Crippen molar-refractivity contribution in [3.63, 3.8) is 0 Å². The first-order valence-corrected chi connectivity index (χ1v) is 14.6. The molecule has 4 bridgehead atoms. The molecule has 2 aliphatic rings. The standard InChI is InChI=1S/C32H40N6O4/c1-4-36-16-18-37(19-17-36)20-22-41-27-12-11-26-23-28(27)40-21-7-5-6-15-38(29-13-14-33-31(34-26)35-29)32(39)42-30-24(2)9-8-10-25(30)3/h5-6,8-14,23H,4,7,15-22H2,1-3H3,(H,33,34,35)/b6-5-. The molecule has 0 spiro atoms. The number of hydrogen-bond acceptors (Lipinski definition) is 9. The number of nitrogens with one attached hydrogen (secondary N) is 1. The number of rotatable bonds is 6. The number of carbonyl (C=O) groups is 1. The number of para-hydroxylation sites is 1. The maximum atomic E-state index is 13.4. The van der Waals surface area contributed by atoms with Crippen LogP contribution in [0.1, 0.15) is 24.5 Å². The van der Waals surface area contributed by atoms with Crippen LogP contribution in [0.5, 0.6) is 17.2 Å². The van der Waals surface area contributed by atoms with Crippen molar-refractivity contribution in [2.45, 2.75) is 27.2 Å². The van der Waals surface area contributed by atoms with Gasteiger partial charge in [-0.1, -0.05) is 37.3 Å². The summed E-state index contributed by atoms with van der Waals surface area (Å²) in [5, 5.41) is 3.24. The number of anilines is 3. The fourth-order valence-electron chi connectivity index (χ4n) is 5.02. The molecule has 1 fully saturated rings. The van der Waals surface area contributed by atoms with Gasteiger partial charge in [0.05, 0.1) is 6.61 Å². The molecule has 0 aliphatic carbocycles. The molecule has 3 aromatic rings. The minimum absolute atomic E-state index is 0.284. The molecule has 2 aliphatic heterocycles. The van der Waals surface area contributed by atoms with Gasteiger partial charge in [0.15, 0.2) is 11.5 Å². The maximum Gasteiger partial charge on any atom is 0.421 e. The third kappa shape index (κ3) is 7.57. The number of ether oxygens (including phenoxy) is 3. The van der Waals surface area contributed by atoms with Crippen molar-refractivity contribution >= 4 is 23.5 Å². The van der Waals surface area contributed by atoms with Crippen LogP contribution in [0.15, 0.2) is 60.8 Å². The Morgan fingerprint density at radius 2 is 1.81 bits per heavy atom. The number of aryl methyl sites for hydroxylation is 2. The summed E-state index contributed by atoms with van der Waals surface area (Å²) in [5.41, 5.74) is 2.53. The van der Waals surface area contributed by atoms with Gasteiger partial charge in [-0.2, -0.15) is 4.98 Å². The first-order chi connectivity index (χ1) is 20.5. The Morgan fingerprint density at radius 1 is 1.02 bits per heavy atom. The number of amides is 1. The van der Waals surface area contributed by atoms with E-state index in [1.807, 2.05) is 62.4 Å². The monoisotopic (exact) mass is 572 g/mol.